The Morgan fingerprint density at radius 2 is 1.88 bits per heavy atom. The number of methoxy groups -OCH3 is 1. The molecule has 1 heterocycles. The molecule has 1 aliphatic rings. The van der Waals surface area contributed by atoms with Crippen LogP contribution in [0.15, 0.2) is 16.6 Å². The van der Waals surface area contributed by atoms with E-state index in [-0.39, 0.29) is 10.5 Å². The van der Waals surface area contributed by atoms with Gasteiger partial charge >= 0.3 is 6.18 Å². The zero-order chi connectivity index (χ0) is 19.1. The van der Waals surface area contributed by atoms with Crippen LogP contribution in [0.5, 0.6) is 5.75 Å². The van der Waals surface area contributed by atoms with Gasteiger partial charge in [-0.15, -0.1) is 0 Å². The summed E-state index contributed by atoms with van der Waals surface area (Å²) >= 11 is 3.13. The van der Waals surface area contributed by atoms with Crippen molar-refractivity contribution in [3.63, 3.8) is 0 Å². The zero-order valence-corrected chi connectivity index (χ0v) is 16.5. The van der Waals surface area contributed by atoms with Crippen molar-refractivity contribution in [1.29, 1.82) is 0 Å². The van der Waals surface area contributed by atoms with E-state index in [1.807, 2.05) is 26.0 Å². The minimum Gasteiger partial charge on any atom is -0.496 e. The molecular weight excluding hydrogens is 411 g/mol. The Morgan fingerprint density at radius 3 is 2.46 bits per heavy atom. The van der Waals surface area contributed by atoms with Crippen LogP contribution < -0.4 is 10.1 Å². The average molecular weight is 432 g/mol. The van der Waals surface area contributed by atoms with Crippen LogP contribution in [-0.2, 0) is 6.18 Å². The van der Waals surface area contributed by atoms with E-state index in [4.69, 9.17) is 4.74 Å². The Balaban J connectivity index is 2.11. The molecular formula is C18H21BrF3N3O. The maximum absolute atomic E-state index is 13.4. The van der Waals surface area contributed by atoms with Gasteiger partial charge in [-0.25, -0.2) is 4.68 Å². The van der Waals surface area contributed by atoms with E-state index in [2.05, 4.69) is 26.3 Å². The van der Waals surface area contributed by atoms with Gasteiger partial charge in [0.05, 0.1) is 17.6 Å². The molecule has 0 spiro atoms. The lowest BCUT2D eigenvalue weighted by molar-refractivity contribution is -0.142. The number of hydrogen-bond acceptors (Lipinski definition) is 3. The molecule has 1 aliphatic carbocycles. The lowest BCUT2D eigenvalue weighted by atomic mass is 10.1. The molecule has 1 aromatic heterocycles. The number of nitrogens with one attached hydrogen (secondary N) is 1. The molecule has 0 amide bonds. The summed E-state index contributed by atoms with van der Waals surface area (Å²) in [5, 5.41) is 7.11. The second-order valence-electron chi connectivity index (χ2n) is 6.60. The number of benzene rings is 1. The number of anilines is 2. The summed E-state index contributed by atoms with van der Waals surface area (Å²) in [6.45, 7) is 3.78. The molecule has 0 bridgehead atoms. The highest BCUT2D eigenvalue weighted by Crippen LogP contribution is 2.43. The first kappa shape index (κ1) is 19.1. The minimum absolute atomic E-state index is 0.0314. The molecule has 0 saturated heterocycles. The van der Waals surface area contributed by atoms with E-state index < -0.39 is 11.9 Å². The molecule has 0 unspecified atom stereocenters. The van der Waals surface area contributed by atoms with Gasteiger partial charge in [0.15, 0.2) is 5.69 Å². The molecule has 4 nitrogen and oxygen atoms in total. The van der Waals surface area contributed by atoms with Gasteiger partial charge in [-0.05, 0) is 54.2 Å². The summed E-state index contributed by atoms with van der Waals surface area (Å²) in [6.07, 6.45) is -0.857. The molecule has 1 aromatic carbocycles. The number of nitrogens with zero attached hydrogens (tertiary/aromatic N) is 2. The summed E-state index contributed by atoms with van der Waals surface area (Å²) in [6, 6.07) is 3.69. The maximum Gasteiger partial charge on any atom is 0.436 e. The number of halogens is 4. The number of hydrogen-bond donors (Lipinski definition) is 1. The predicted molar refractivity (Wildman–Crippen MR) is 98.2 cm³/mol. The average Bonchev–Trinajstić information content (AvgIpc) is 3.19. The highest BCUT2D eigenvalue weighted by Gasteiger charge is 2.40. The first-order chi connectivity index (χ1) is 12.2. The van der Waals surface area contributed by atoms with E-state index in [1.165, 1.54) is 4.68 Å². The molecule has 8 heteroatoms. The van der Waals surface area contributed by atoms with E-state index in [1.54, 1.807) is 7.11 Å². The largest absolute Gasteiger partial charge is 0.496 e. The fraction of sp³-hybridized carbons (Fsp3) is 0.500. The van der Waals surface area contributed by atoms with Crippen LogP contribution in [0, 0.1) is 13.8 Å². The Bertz CT molecular complexity index is 811. The molecule has 1 fully saturated rings. The first-order valence-corrected chi connectivity index (χ1v) is 9.29. The van der Waals surface area contributed by atoms with Gasteiger partial charge in [0, 0.05) is 11.3 Å². The van der Waals surface area contributed by atoms with E-state index >= 15 is 0 Å². The lowest BCUT2D eigenvalue weighted by Gasteiger charge is -2.19. The van der Waals surface area contributed by atoms with Crippen molar-refractivity contribution < 1.29 is 17.9 Å². The van der Waals surface area contributed by atoms with Crippen molar-refractivity contribution in [3.05, 3.63) is 33.4 Å². The van der Waals surface area contributed by atoms with Gasteiger partial charge in [-0.2, -0.15) is 18.3 Å². The zero-order valence-electron chi connectivity index (χ0n) is 14.9. The monoisotopic (exact) mass is 431 g/mol. The number of aryl methyl sites for hydroxylation is 1. The summed E-state index contributed by atoms with van der Waals surface area (Å²) < 4.78 is 47.0. The van der Waals surface area contributed by atoms with Crippen LogP contribution in [0.3, 0.4) is 0 Å². The Hall–Kier alpha value is -1.70. The van der Waals surface area contributed by atoms with Crippen LogP contribution in [0.4, 0.5) is 24.7 Å². The molecule has 0 aliphatic heterocycles. The maximum atomic E-state index is 13.4. The summed E-state index contributed by atoms with van der Waals surface area (Å²) in [7, 11) is 1.57. The van der Waals surface area contributed by atoms with Gasteiger partial charge in [0.1, 0.15) is 11.6 Å². The number of ether oxygens (including phenoxy) is 1. The summed E-state index contributed by atoms with van der Waals surface area (Å²) in [5.74, 6) is 1.01. The highest BCUT2D eigenvalue weighted by molar-refractivity contribution is 9.10. The van der Waals surface area contributed by atoms with Crippen molar-refractivity contribution in [2.75, 3.05) is 12.4 Å². The molecule has 3 rings (SSSR count). The molecule has 2 aromatic rings. The molecule has 1 N–H and O–H groups in total. The van der Waals surface area contributed by atoms with E-state index in [0.717, 1.165) is 42.5 Å². The molecule has 26 heavy (non-hydrogen) atoms. The Labute approximate surface area is 158 Å². The highest BCUT2D eigenvalue weighted by atomic mass is 79.9. The van der Waals surface area contributed by atoms with E-state index in [9.17, 15) is 13.2 Å². The smallest absolute Gasteiger partial charge is 0.436 e. The Morgan fingerprint density at radius 1 is 1.23 bits per heavy atom. The fourth-order valence-electron chi connectivity index (χ4n) is 3.48. The third-order valence-electron chi connectivity index (χ3n) is 4.88. The van der Waals surface area contributed by atoms with Gasteiger partial charge in [0.25, 0.3) is 0 Å². The standard InChI is InChI=1S/C18H21BrF3N3O/c1-10-8-9-13(26-3)11(2)15(10)23-17-14(19)16(18(20,21)22)24-25(17)12-6-4-5-7-12/h8-9,12,23H,4-7H2,1-3H3. The van der Waals surface area contributed by atoms with E-state index in [0.29, 0.717) is 11.6 Å². The van der Waals surface area contributed by atoms with Gasteiger partial charge in [0.2, 0.25) is 0 Å². The van der Waals surface area contributed by atoms with Crippen LogP contribution in [0.2, 0.25) is 0 Å². The van der Waals surface area contributed by atoms with Crippen molar-refractivity contribution in [3.8, 4) is 5.75 Å². The lowest BCUT2D eigenvalue weighted by Crippen LogP contribution is -2.12. The van der Waals surface area contributed by atoms with Gasteiger partial charge in [-0.3, -0.25) is 0 Å². The number of aromatic nitrogens is 2. The molecule has 142 valence electrons. The predicted octanol–water partition coefficient (Wildman–Crippen LogP) is 6.15. The van der Waals surface area contributed by atoms with Crippen LogP contribution in [0.25, 0.3) is 0 Å². The van der Waals surface area contributed by atoms with Gasteiger partial charge in [-0.1, -0.05) is 18.9 Å². The quantitative estimate of drug-likeness (QED) is 0.630. The number of alkyl halides is 3. The van der Waals surface area contributed by atoms with Gasteiger partial charge < -0.3 is 10.1 Å². The van der Waals surface area contributed by atoms with Crippen molar-refractivity contribution in [1.82, 2.24) is 9.78 Å². The minimum atomic E-state index is -4.52. The topological polar surface area (TPSA) is 39.1 Å². The fourth-order valence-corrected chi connectivity index (χ4v) is 4.07. The SMILES string of the molecule is COc1ccc(C)c(Nc2c(Br)c(C(F)(F)F)nn2C2CCCC2)c1C. The second kappa shape index (κ2) is 7.13. The summed E-state index contributed by atoms with van der Waals surface area (Å²) in [5.41, 5.74) is 1.60. The molecule has 0 radical (unpaired) electrons. The normalized spacial score (nSPS) is 15.5. The summed E-state index contributed by atoms with van der Waals surface area (Å²) in [4.78, 5) is 0. The van der Waals surface area contributed by atoms with Crippen molar-refractivity contribution in [2.24, 2.45) is 0 Å². The first-order valence-electron chi connectivity index (χ1n) is 8.50. The van der Waals surface area contributed by atoms with Crippen LogP contribution >= 0.6 is 15.9 Å². The number of rotatable bonds is 4. The van der Waals surface area contributed by atoms with Crippen molar-refractivity contribution >= 4 is 27.4 Å². The molecule has 1 saturated carbocycles. The van der Waals surface area contributed by atoms with Crippen LogP contribution in [0.1, 0.15) is 48.5 Å². The third kappa shape index (κ3) is 3.43. The Kier molecular flexibility index (Phi) is 5.23. The third-order valence-corrected chi connectivity index (χ3v) is 5.63. The van der Waals surface area contributed by atoms with Crippen LogP contribution in [-0.4, -0.2) is 16.9 Å². The van der Waals surface area contributed by atoms with Crippen molar-refractivity contribution in [2.45, 2.75) is 51.7 Å². The second-order valence-corrected chi connectivity index (χ2v) is 7.39. The molecule has 0 atom stereocenters.